The molecule has 2 aromatic rings. The number of aryl methyl sites for hydroxylation is 2. The van der Waals surface area contributed by atoms with Crippen LogP contribution in [-0.4, -0.2) is 31.3 Å². The van der Waals surface area contributed by atoms with Crippen LogP contribution in [0.15, 0.2) is 16.9 Å². The smallest absolute Gasteiger partial charge is 0.278 e. The first kappa shape index (κ1) is 11.8. The lowest BCUT2D eigenvalue weighted by Gasteiger charge is -2.03. The molecule has 2 N–H and O–H groups in total. The lowest BCUT2D eigenvalue weighted by molar-refractivity contribution is 0.102. The zero-order valence-electron chi connectivity index (χ0n) is 9.76. The van der Waals surface area contributed by atoms with Crippen molar-refractivity contribution in [3.8, 4) is 0 Å². The molecule has 18 heavy (non-hydrogen) atoms. The van der Waals surface area contributed by atoms with Crippen LogP contribution in [0.3, 0.4) is 0 Å². The van der Waals surface area contributed by atoms with Crippen molar-refractivity contribution in [3.63, 3.8) is 0 Å². The molecule has 0 fully saturated rings. The number of carbonyl (C=O) groups excluding carboxylic acids is 1. The summed E-state index contributed by atoms with van der Waals surface area (Å²) in [6.07, 6.45) is 0. The van der Waals surface area contributed by atoms with Crippen LogP contribution in [0.2, 0.25) is 0 Å². The highest BCUT2D eigenvalue weighted by Crippen LogP contribution is 2.03. The Balaban J connectivity index is 2.18. The van der Waals surface area contributed by atoms with E-state index >= 15 is 0 Å². The molecule has 0 unspecified atom stereocenters. The molecule has 92 valence electrons. The molecule has 8 nitrogen and oxygen atoms in total. The second kappa shape index (κ2) is 4.70. The van der Waals surface area contributed by atoms with Crippen LogP contribution in [0, 0.1) is 13.8 Å². The Bertz CT molecular complexity index is 631. The number of hydrogen-bond donors (Lipinski definition) is 2. The fraction of sp³-hybridized carbons (Fsp3) is 0.200. The van der Waals surface area contributed by atoms with E-state index in [4.69, 9.17) is 0 Å². The maximum Gasteiger partial charge on any atom is 0.278 e. The highest BCUT2D eigenvalue weighted by atomic mass is 16.2. The SMILES string of the molecule is Cc1nnc(NC(=O)c2ccc(=O)[nH]n2)nc1C. The van der Waals surface area contributed by atoms with Gasteiger partial charge in [-0.1, -0.05) is 0 Å². The van der Waals surface area contributed by atoms with Gasteiger partial charge in [-0.15, -0.1) is 5.10 Å². The third kappa shape index (κ3) is 2.54. The van der Waals surface area contributed by atoms with Crippen molar-refractivity contribution < 1.29 is 4.79 Å². The molecule has 2 aromatic heterocycles. The van der Waals surface area contributed by atoms with E-state index in [1.807, 2.05) is 0 Å². The summed E-state index contributed by atoms with van der Waals surface area (Å²) >= 11 is 0. The average Bonchev–Trinajstić information content (AvgIpc) is 2.34. The number of nitrogens with zero attached hydrogens (tertiary/aromatic N) is 4. The van der Waals surface area contributed by atoms with Crippen molar-refractivity contribution in [2.45, 2.75) is 13.8 Å². The van der Waals surface area contributed by atoms with Crippen molar-refractivity contribution >= 4 is 11.9 Å². The summed E-state index contributed by atoms with van der Waals surface area (Å²) in [5.41, 5.74) is 1.05. The molecule has 0 saturated carbocycles. The zero-order valence-corrected chi connectivity index (χ0v) is 9.76. The molecule has 0 radical (unpaired) electrons. The maximum atomic E-state index is 11.7. The number of aromatic amines is 1. The van der Waals surface area contributed by atoms with Gasteiger partial charge in [0.2, 0.25) is 5.95 Å². The van der Waals surface area contributed by atoms with E-state index in [9.17, 15) is 9.59 Å². The fourth-order valence-corrected chi connectivity index (χ4v) is 1.15. The molecule has 0 aliphatic heterocycles. The standard InChI is InChI=1S/C10H10N6O2/c1-5-6(2)13-16-10(11-5)12-9(18)7-3-4-8(17)15-14-7/h3-4H,1-2H3,(H,15,17)(H,11,12,16,18). The molecule has 1 amide bonds. The van der Waals surface area contributed by atoms with Crippen LogP contribution in [0.1, 0.15) is 21.9 Å². The summed E-state index contributed by atoms with van der Waals surface area (Å²) in [5, 5.41) is 15.8. The third-order valence-electron chi connectivity index (χ3n) is 2.23. The number of rotatable bonds is 2. The molecule has 2 rings (SSSR count). The molecule has 0 saturated heterocycles. The minimum Gasteiger partial charge on any atom is -0.288 e. The molecule has 0 bridgehead atoms. The molecule has 0 atom stereocenters. The fourth-order valence-electron chi connectivity index (χ4n) is 1.15. The van der Waals surface area contributed by atoms with E-state index < -0.39 is 5.91 Å². The van der Waals surface area contributed by atoms with Crippen molar-refractivity contribution in [2.24, 2.45) is 0 Å². The summed E-state index contributed by atoms with van der Waals surface area (Å²) in [4.78, 5) is 26.6. The van der Waals surface area contributed by atoms with Crippen LogP contribution < -0.4 is 10.9 Å². The number of H-pyrrole nitrogens is 1. The summed E-state index contributed by atoms with van der Waals surface area (Å²) in [6, 6.07) is 2.52. The van der Waals surface area contributed by atoms with Gasteiger partial charge in [-0.25, -0.2) is 10.1 Å². The summed E-state index contributed by atoms with van der Waals surface area (Å²) < 4.78 is 0. The topological polar surface area (TPSA) is 114 Å². The summed E-state index contributed by atoms with van der Waals surface area (Å²) in [5.74, 6) is -0.424. The number of amides is 1. The molecule has 2 heterocycles. The van der Waals surface area contributed by atoms with Crippen LogP contribution in [0.25, 0.3) is 0 Å². The van der Waals surface area contributed by atoms with Gasteiger partial charge < -0.3 is 0 Å². The van der Waals surface area contributed by atoms with Crippen molar-refractivity contribution in [3.05, 3.63) is 39.6 Å². The quantitative estimate of drug-likeness (QED) is 0.760. The van der Waals surface area contributed by atoms with E-state index in [1.165, 1.54) is 12.1 Å². The van der Waals surface area contributed by atoms with E-state index in [1.54, 1.807) is 13.8 Å². The molecule has 8 heteroatoms. The minimum atomic E-state index is -0.517. The largest absolute Gasteiger partial charge is 0.288 e. The highest BCUT2D eigenvalue weighted by Gasteiger charge is 2.10. The monoisotopic (exact) mass is 246 g/mol. The van der Waals surface area contributed by atoms with Crippen LogP contribution in [0.5, 0.6) is 0 Å². The summed E-state index contributed by atoms with van der Waals surface area (Å²) in [7, 11) is 0. The van der Waals surface area contributed by atoms with Crippen molar-refractivity contribution in [1.29, 1.82) is 0 Å². The van der Waals surface area contributed by atoms with Gasteiger partial charge in [0.15, 0.2) is 0 Å². The molecule has 0 spiro atoms. The predicted octanol–water partition coefficient (Wildman–Crippen LogP) is -0.176. The Morgan fingerprint density at radius 3 is 2.61 bits per heavy atom. The maximum absolute atomic E-state index is 11.7. The first-order valence-corrected chi connectivity index (χ1v) is 5.11. The zero-order chi connectivity index (χ0) is 13.1. The van der Waals surface area contributed by atoms with Gasteiger partial charge in [-0.05, 0) is 19.9 Å². The minimum absolute atomic E-state index is 0.0661. The van der Waals surface area contributed by atoms with Gasteiger partial charge in [0.1, 0.15) is 5.69 Å². The lowest BCUT2D eigenvalue weighted by atomic mass is 10.3. The Kier molecular flexibility index (Phi) is 3.09. The molecular formula is C10H10N6O2. The first-order chi connectivity index (χ1) is 8.56. The van der Waals surface area contributed by atoms with Gasteiger partial charge in [-0.3, -0.25) is 14.9 Å². The van der Waals surface area contributed by atoms with Gasteiger partial charge in [0.25, 0.3) is 11.5 Å². The van der Waals surface area contributed by atoms with Gasteiger partial charge in [0, 0.05) is 6.07 Å². The normalized spacial score (nSPS) is 10.1. The Labute approximate surface area is 101 Å². The highest BCUT2D eigenvalue weighted by molar-refractivity contribution is 6.01. The Morgan fingerprint density at radius 1 is 1.22 bits per heavy atom. The van der Waals surface area contributed by atoms with E-state index in [0.717, 1.165) is 0 Å². The van der Waals surface area contributed by atoms with Crippen molar-refractivity contribution in [1.82, 2.24) is 25.4 Å². The number of anilines is 1. The number of hydrogen-bond acceptors (Lipinski definition) is 6. The van der Waals surface area contributed by atoms with Crippen LogP contribution >= 0.6 is 0 Å². The van der Waals surface area contributed by atoms with E-state index in [2.05, 4.69) is 30.7 Å². The van der Waals surface area contributed by atoms with Crippen LogP contribution in [0.4, 0.5) is 5.95 Å². The van der Waals surface area contributed by atoms with E-state index in [0.29, 0.717) is 11.4 Å². The second-order valence-corrected chi connectivity index (χ2v) is 3.57. The predicted molar refractivity (Wildman–Crippen MR) is 62.1 cm³/mol. The van der Waals surface area contributed by atoms with Crippen molar-refractivity contribution in [2.75, 3.05) is 5.32 Å². The number of nitrogens with one attached hydrogen (secondary N) is 2. The lowest BCUT2D eigenvalue weighted by Crippen LogP contribution is -2.19. The second-order valence-electron chi connectivity index (χ2n) is 3.57. The average molecular weight is 246 g/mol. The Morgan fingerprint density at radius 2 is 2.00 bits per heavy atom. The first-order valence-electron chi connectivity index (χ1n) is 5.11. The van der Waals surface area contributed by atoms with Gasteiger partial charge >= 0.3 is 0 Å². The summed E-state index contributed by atoms with van der Waals surface area (Å²) in [6.45, 7) is 3.53. The Hall–Kier alpha value is -2.64. The van der Waals surface area contributed by atoms with Gasteiger partial charge in [0.05, 0.1) is 11.4 Å². The van der Waals surface area contributed by atoms with Gasteiger partial charge in [-0.2, -0.15) is 10.2 Å². The molecule has 0 aromatic carbocycles. The number of carbonyl (C=O) groups is 1. The number of aromatic nitrogens is 5. The van der Waals surface area contributed by atoms with Crippen LogP contribution in [-0.2, 0) is 0 Å². The van der Waals surface area contributed by atoms with E-state index in [-0.39, 0.29) is 17.2 Å². The molecule has 0 aliphatic carbocycles. The molecular weight excluding hydrogens is 236 g/mol. The molecule has 0 aliphatic rings. The third-order valence-corrected chi connectivity index (χ3v) is 2.23.